The average molecular weight is 438 g/mol. The number of carbonyl (C=O) groups excluding carboxylic acids is 2. The number of hydrogen-bond donors (Lipinski definition) is 2. The highest BCUT2D eigenvalue weighted by molar-refractivity contribution is 7.99. The minimum Gasteiger partial charge on any atom is -0.326 e. The number of carbonyl (C=O) groups is 2. The molecule has 0 bridgehead atoms. The fourth-order valence-corrected chi connectivity index (χ4v) is 3.84. The lowest BCUT2D eigenvalue weighted by Crippen LogP contribution is -2.16. The van der Waals surface area contributed by atoms with E-state index >= 15 is 0 Å². The van der Waals surface area contributed by atoms with E-state index in [-0.39, 0.29) is 17.6 Å². The predicted molar refractivity (Wildman–Crippen MR) is 124 cm³/mol. The number of anilines is 2. The van der Waals surface area contributed by atoms with Crippen LogP contribution in [0.25, 0.3) is 0 Å². The molecule has 0 atom stereocenters. The van der Waals surface area contributed by atoms with Crippen LogP contribution in [0, 0.1) is 6.92 Å². The van der Waals surface area contributed by atoms with Gasteiger partial charge in [-0.05, 0) is 36.6 Å². The summed E-state index contributed by atoms with van der Waals surface area (Å²) in [6.07, 6.45) is 1.63. The second-order valence-electron chi connectivity index (χ2n) is 7.17. The van der Waals surface area contributed by atoms with Gasteiger partial charge in [-0.25, -0.2) is 0 Å². The third-order valence-corrected chi connectivity index (χ3v) is 5.94. The largest absolute Gasteiger partial charge is 0.326 e. The van der Waals surface area contributed by atoms with Gasteiger partial charge in [-0.1, -0.05) is 55.1 Å². The third-order valence-electron chi connectivity index (χ3n) is 4.92. The predicted octanol–water partition coefficient (Wildman–Crippen LogP) is 3.99. The molecular formula is C23H27N5O2S. The highest BCUT2D eigenvalue weighted by Crippen LogP contribution is 2.19. The molecule has 8 heteroatoms. The van der Waals surface area contributed by atoms with Crippen LogP contribution in [0.5, 0.6) is 0 Å². The minimum absolute atomic E-state index is 0.0690. The quantitative estimate of drug-likeness (QED) is 0.494. The molecule has 0 radical (unpaired) electrons. The van der Waals surface area contributed by atoms with Gasteiger partial charge in [0, 0.05) is 31.3 Å². The van der Waals surface area contributed by atoms with Crippen molar-refractivity contribution in [2.45, 2.75) is 38.3 Å². The molecule has 3 aromatic rings. The first kappa shape index (κ1) is 22.6. The maximum absolute atomic E-state index is 12.3. The standard InChI is InChI=1S/C23H27N5O2S/c1-4-17-10-6-8-12-19(17)25-22(30)15-31-23-27-26-20(28(23)3)13-14-21(29)24-18-11-7-5-9-16(18)2/h5-12H,4,13-15H2,1-3H3,(H,24,29)(H,25,30). The first-order chi connectivity index (χ1) is 15.0. The highest BCUT2D eigenvalue weighted by atomic mass is 32.2. The van der Waals surface area contributed by atoms with Gasteiger partial charge in [-0.3, -0.25) is 9.59 Å². The van der Waals surface area contributed by atoms with Crippen LogP contribution in [0.15, 0.2) is 53.7 Å². The zero-order valence-electron chi connectivity index (χ0n) is 18.0. The molecule has 2 amide bonds. The van der Waals surface area contributed by atoms with Crippen LogP contribution in [0.1, 0.15) is 30.3 Å². The molecule has 0 fully saturated rings. The summed E-state index contributed by atoms with van der Waals surface area (Å²) >= 11 is 1.32. The third kappa shape index (κ3) is 6.18. The minimum atomic E-state index is -0.0898. The zero-order valence-corrected chi connectivity index (χ0v) is 18.8. The zero-order chi connectivity index (χ0) is 22.2. The SMILES string of the molecule is CCc1ccccc1NC(=O)CSc1nnc(CCC(=O)Nc2ccccc2C)n1C. The van der Waals surface area contributed by atoms with Gasteiger partial charge in [-0.15, -0.1) is 10.2 Å². The Kier molecular flexibility index (Phi) is 7.83. The lowest BCUT2D eigenvalue weighted by Gasteiger charge is -2.09. The topological polar surface area (TPSA) is 88.9 Å². The van der Waals surface area contributed by atoms with E-state index in [0.717, 1.165) is 28.9 Å². The number of aryl methyl sites for hydroxylation is 3. The monoisotopic (exact) mass is 437 g/mol. The van der Waals surface area contributed by atoms with E-state index in [9.17, 15) is 9.59 Å². The van der Waals surface area contributed by atoms with Crippen molar-refractivity contribution in [3.63, 3.8) is 0 Å². The van der Waals surface area contributed by atoms with E-state index in [2.05, 4.69) is 27.8 Å². The van der Waals surface area contributed by atoms with Gasteiger partial charge in [0.25, 0.3) is 0 Å². The van der Waals surface area contributed by atoms with Crippen molar-refractivity contribution in [2.24, 2.45) is 7.05 Å². The van der Waals surface area contributed by atoms with Crippen molar-refractivity contribution in [3.05, 3.63) is 65.5 Å². The first-order valence-corrected chi connectivity index (χ1v) is 11.2. The Balaban J connectivity index is 1.50. The molecule has 0 unspecified atom stereocenters. The van der Waals surface area contributed by atoms with E-state index in [1.165, 1.54) is 11.8 Å². The smallest absolute Gasteiger partial charge is 0.234 e. The van der Waals surface area contributed by atoms with Gasteiger partial charge >= 0.3 is 0 Å². The number of hydrogen-bond acceptors (Lipinski definition) is 5. The Morgan fingerprint density at radius 2 is 1.65 bits per heavy atom. The number of para-hydroxylation sites is 2. The normalized spacial score (nSPS) is 10.7. The molecule has 7 nitrogen and oxygen atoms in total. The number of thioether (sulfide) groups is 1. The van der Waals surface area contributed by atoms with Crippen molar-refractivity contribution in [3.8, 4) is 0 Å². The summed E-state index contributed by atoms with van der Waals surface area (Å²) in [6, 6.07) is 15.5. The van der Waals surface area contributed by atoms with Gasteiger partial charge in [0.15, 0.2) is 5.16 Å². The van der Waals surface area contributed by atoms with Crippen LogP contribution in [0.3, 0.4) is 0 Å². The molecule has 2 aromatic carbocycles. The summed E-state index contributed by atoms with van der Waals surface area (Å²) < 4.78 is 1.83. The summed E-state index contributed by atoms with van der Waals surface area (Å²) in [6.45, 7) is 4.01. The van der Waals surface area contributed by atoms with Crippen LogP contribution in [0.2, 0.25) is 0 Å². The van der Waals surface area contributed by atoms with Crippen molar-refractivity contribution in [1.29, 1.82) is 0 Å². The highest BCUT2D eigenvalue weighted by Gasteiger charge is 2.14. The molecule has 0 saturated heterocycles. The lowest BCUT2D eigenvalue weighted by atomic mass is 10.1. The maximum Gasteiger partial charge on any atom is 0.234 e. The van der Waals surface area contributed by atoms with Crippen molar-refractivity contribution in [1.82, 2.24) is 14.8 Å². The molecule has 2 N–H and O–H groups in total. The summed E-state index contributed by atoms with van der Waals surface area (Å²) in [4.78, 5) is 24.6. The molecule has 162 valence electrons. The molecule has 3 rings (SSSR count). The second-order valence-corrected chi connectivity index (χ2v) is 8.11. The van der Waals surface area contributed by atoms with Crippen molar-refractivity contribution < 1.29 is 9.59 Å². The van der Waals surface area contributed by atoms with Crippen LogP contribution in [-0.2, 0) is 29.5 Å². The van der Waals surface area contributed by atoms with E-state index in [0.29, 0.717) is 23.8 Å². The number of aromatic nitrogens is 3. The number of benzene rings is 2. The van der Waals surface area contributed by atoms with Crippen LogP contribution in [-0.4, -0.2) is 32.3 Å². The van der Waals surface area contributed by atoms with Crippen molar-refractivity contribution >= 4 is 35.0 Å². The van der Waals surface area contributed by atoms with Crippen LogP contribution in [0.4, 0.5) is 11.4 Å². The molecule has 0 aliphatic heterocycles. The first-order valence-electron chi connectivity index (χ1n) is 10.2. The summed E-state index contributed by atoms with van der Waals surface area (Å²) in [5.74, 6) is 0.783. The van der Waals surface area contributed by atoms with E-state index in [1.54, 1.807) is 0 Å². The van der Waals surface area contributed by atoms with Crippen molar-refractivity contribution in [2.75, 3.05) is 16.4 Å². The van der Waals surface area contributed by atoms with Crippen LogP contribution >= 0.6 is 11.8 Å². The summed E-state index contributed by atoms with van der Waals surface area (Å²) in [5, 5.41) is 14.9. The Bertz CT molecular complexity index is 1060. The Morgan fingerprint density at radius 3 is 2.39 bits per heavy atom. The lowest BCUT2D eigenvalue weighted by molar-refractivity contribution is -0.116. The fraction of sp³-hybridized carbons (Fsp3) is 0.304. The second kappa shape index (κ2) is 10.8. The summed E-state index contributed by atoms with van der Waals surface area (Å²) in [5.41, 5.74) is 3.78. The average Bonchev–Trinajstić information content (AvgIpc) is 3.12. The van der Waals surface area contributed by atoms with Gasteiger partial charge in [0.05, 0.1) is 5.75 Å². The van der Waals surface area contributed by atoms with E-state index in [4.69, 9.17) is 0 Å². The number of rotatable bonds is 9. The van der Waals surface area contributed by atoms with Gasteiger partial charge in [-0.2, -0.15) is 0 Å². The van der Waals surface area contributed by atoms with E-state index in [1.807, 2.05) is 67.1 Å². The number of nitrogens with one attached hydrogen (secondary N) is 2. The van der Waals surface area contributed by atoms with Gasteiger partial charge < -0.3 is 15.2 Å². The molecule has 1 aromatic heterocycles. The molecule has 1 heterocycles. The fourth-order valence-electron chi connectivity index (χ4n) is 3.11. The molecule has 0 spiro atoms. The summed E-state index contributed by atoms with van der Waals surface area (Å²) in [7, 11) is 1.85. The van der Waals surface area contributed by atoms with Gasteiger partial charge in [0.1, 0.15) is 5.82 Å². The van der Waals surface area contributed by atoms with E-state index < -0.39 is 0 Å². The van der Waals surface area contributed by atoms with Crippen LogP contribution < -0.4 is 10.6 Å². The maximum atomic E-state index is 12.3. The molecular weight excluding hydrogens is 410 g/mol. The molecule has 31 heavy (non-hydrogen) atoms. The van der Waals surface area contributed by atoms with Gasteiger partial charge in [0.2, 0.25) is 11.8 Å². The molecule has 0 aliphatic rings. The molecule has 0 aliphatic carbocycles. The Morgan fingerprint density at radius 1 is 0.968 bits per heavy atom. The Hall–Kier alpha value is -3.13. The Labute approximate surface area is 186 Å². The molecule has 0 saturated carbocycles. The number of amides is 2. The number of nitrogens with zero attached hydrogens (tertiary/aromatic N) is 3.